The van der Waals surface area contributed by atoms with E-state index in [2.05, 4.69) is 39.4 Å². The number of benzene rings is 1. The lowest BCUT2D eigenvalue weighted by Crippen LogP contribution is -2.46. The van der Waals surface area contributed by atoms with Crippen molar-refractivity contribution in [3.8, 4) is 5.75 Å². The third-order valence-electron chi connectivity index (χ3n) is 4.79. The summed E-state index contributed by atoms with van der Waals surface area (Å²) in [4.78, 5) is 5.21. The number of ether oxygens (including phenoxy) is 1. The van der Waals surface area contributed by atoms with Crippen LogP contribution < -0.4 is 15.0 Å². The molecule has 2 fully saturated rings. The van der Waals surface area contributed by atoms with Crippen molar-refractivity contribution in [3.05, 3.63) is 24.3 Å². The number of anilines is 1. The predicted octanol–water partition coefficient (Wildman–Crippen LogP) is 2.80. The highest BCUT2D eigenvalue weighted by atomic mass is 35.5. The van der Waals surface area contributed by atoms with Gasteiger partial charge in [0, 0.05) is 37.9 Å². The maximum atomic E-state index is 5.23. The van der Waals surface area contributed by atoms with Gasteiger partial charge in [-0.3, -0.25) is 4.90 Å². The smallest absolute Gasteiger partial charge is 0.119 e. The molecule has 3 rings (SSSR count). The Kier molecular flexibility index (Phi) is 9.07. The lowest BCUT2D eigenvalue weighted by molar-refractivity contribution is 0.180. The topological polar surface area (TPSA) is 27.7 Å². The summed E-state index contributed by atoms with van der Waals surface area (Å²) in [6.07, 6.45) is 3.86. The minimum absolute atomic E-state index is 0. The molecule has 0 saturated carbocycles. The van der Waals surface area contributed by atoms with E-state index >= 15 is 0 Å². The predicted molar refractivity (Wildman–Crippen MR) is 102 cm³/mol. The summed E-state index contributed by atoms with van der Waals surface area (Å²) in [5.74, 6) is 0.936. The number of nitrogens with zero attached hydrogens (tertiary/aromatic N) is 2. The number of rotatable bonds is 3. The molecule has 1 N–H and O–H groups in total. The molecular weight excluding hydrogens is 333 g/mol. The molecule has 0 aliphatic carbocycles. The SMILES string of the molecule is COc1ccc(N2CCC(N3CCCNCC3)CC2)cc1.Cl.Cl. The van der Waals surface area contributed by atoms with Crippen molar-refractivity contribution in [1.82, 2.24) is 10.2 Å². The van der Waals surface area contributed by atoms with Crippen molar-refractivity contribution in [2.45, 2.75) is 25.3 Å². The molecule has 2 heterocycles. The fourth-order valence-electron chi connectivity index (χ4n) is 3.51. The molecule has 2 aliphatic heterocycles. The van der Waals surface area contributed by atoms with E-state index in [0.29, 0.717) is 0 Å². The lowest BCUT2D eigenvalue weighted by atomic mass is 10.0. The van der Waals surface area contributed by atoms with E-state index in [9.17, 15) is 0 Å². The minimum atomic E-state index is 0. The average molecular weight is 362 g/mol. The molecule has 0 aromatic heterocycles. The van der Waals surface area contributed by atoms with Crippen molar-refractivity contribution in [2.24, 2.45) is 0 Å². The fourth-order valence-corrected chi connectivity index (χ4v) is 3.51. The van der Waals surface area contributed by atoms with Crippen LogP contribution in [0.2, 0.25) is 0 Å². The summed E-state index contributed by atoms with van der Waals surface area (Å²) in [7, 11) is 1.72. The molecule has 2 saturated heterocycles. The normalized spacial score (nSPS) is 20.1. The molecular formula is C17H29Cl2N3O. The number of hydrogen-bond acceptors (Lipinski definition) is 4. The van der Waals surface area contributed by atoms with Crippen molar-refractivity contribution in [2.75, 3.05) is 51.3 Å². The van der Waals surface area contributed by atoms with Crippen LogP contribution in [0.3, 0.4) is 0 Å². The van der Waals surface area contributed by atoms with Gasteiger partial charge in [0.1, 0.15) is 5.75 Å². The molecule has 132 valence electrons. The second-order valence-electron chi connectivity index (χ2n) is 6.06. The van der Waals surface area contributed by atoms with Crippen molar-refractivity contribution in [1.29, 1.82) is 0 Å². The summed E-state index contributed by atoms with van der Waals surface area (Å²) >= 11 is 0. The van der Waals surface area contributed by atoms with Crippen LogP contribution in [-0.4, -0.2) is 57.3 Å². The lowest BCUT2D eigenvalue weighted by Gasteiger charge is -2.39. The number of nitrogens with one attached hydrogen (secondary N) is 1. The molecule has 4 nitrogen and oxygen atoms in total. The molecule has 23 heavy (non-hydrogen) atoms. The Bertz CT molecular complexity index is 428. The molecule has 0 unspecified atom stereocenters. The van der Waals surface area contributed by atoms with E-state index in [4.69, 9.17) is 4.74 Å². The van der Waals surface area contributed by atoms with E-state index < -0.39 is 0 Å². The molecule has 0 amide bonds. The second kappa shape index (κ2) is 10.2. The Balaban J connectivity index is 0.00000132. The molecule has 1 aromatic rings. The van der Waals surface area contributed by atoms with Gasteiger partial charge in [0.2, 0.25) is 0 Å². The average Bonchev–Trinajstić information content (AvgIpc) is 2.84. The van der Waals surface area contributed by atoms with Gasteiger partial charge >= 0.3 is 0 Å². The first kappa shape index (κ1) is 20.4. The monoisotopic (exact) mass is 361 g/mol. The summed E-state index contributed by atoms with van der Waals surface area (Å²) in [6, 6.07) is 9.24. The third-order valence-corrected chi connectivity index (χ3v) is 4.79. The first-order valence-electron chi connectivity index (χ1n) is 8.20. The van der Waals surface area contributed by atoms with Crippen LogP contribution in [-0.2, 0) is 0 Å². The van der Waals surface area contributed by atoms with Crippen LogP contribution >= 0.6 is 24.8 Å². The van der Waals surface area contributed by atoms with E-state index in [0.717, 1.165) is 18.3 Å². The molecule has 1 aromatic carbocycles. The highest BCUT2D eigenvalue weighted by Gasteiger charge is 2.25. The second-order valence-corrected chi connectivity index (χ2v) is 6.06. The van der Waals surface area contributed by atoms with Gasteiger partial charge in [-0.25, -0.2) is 0 Å². The van der Waals surface area contributed by atoms with Crippen molar-refractivity contribution >= 4 is 30.5 Å². The summed E-state index contributed by atoms with van der Waals surface area (Å²) in [5.41, 5.74) is 1.33. The van der Waals surface area contributed by atoms with Crippen LogP contribution in [0.15, 0.2) is 24.3 Å². The molecule has 6 heteroatoms. The van der Waals surface area contributed by atoms with Gasteiger partial charge in [-0.1, -0.05) is 0 Å². The number of halogens is 2. The first-order valence-corrected chi connectivity index (χ1v) is 8.20. The molecule has 0 radical (unpaired) electrons. The van der Waals surface area contributed by atoms with Gasteiger partial charge in [-0.15, -0.1) is 24.8 Å². The first-order chi connectivity index (χ1) is 10.4. The van der Waals surface area contributed by atoms with Crippen LogP contribution in [0.1, 0.15) is 19.3 Å². The Labute approximate surface area is 152 Å². The number of piperidine rings is 1. The van der Waals surface area contributed by atoms with Crippen LogP contribution in [0.4, 0.5) is 5.69 Å². The van der Waals surface area contributed by atoms with Crippen LogP contribution in [0, 0.1) is 0 Å². The summed E-state index contributed by atoms with van der Waals surface area (Å²) in [6.45, 7) is 7.15. The van der Waals surface area contributed by atoms with E-state index in [1.807, 2.05) is 0 Å². The van der Waals surface area contributed by atoms with Crippen LogP contribution in [0.5, 0.6) is 5.75 Å². The van der Waals surface area contributed by atoms with Gasteiger partial charge in [0.15, 0.2) is 0 Å². The molecule has 0 atom stereocenters. The number of hydrogen-bond donors (Lipinski definition) is 1. The quantitative estimate of drug-likeness (QED) is 0.895. The highest BCUT2D eigenvalue weighted by Crippen LogP contribution is 2.24. The van der Waals surface area contributed by atoms with Gasteiger partial charge < -0.3 is 15.0 Å². The molecule has 0 bridgehead atoms. The molecule has 2 aliphatic rings. The van der Waals surface area contributed by atoms with E-state index in [1.54, 1.807) is 7.11 Å². The minimum Gasteiger partial charge on any atom is -0.497 e. The zero-order valence-corrected chi connectivity index (χ0v) is 15.5. The number of methoxy groups -OCH3 is 1. The molecule has 0 spiro atoms. The Morgan fingerprint density at radius 2 is 1.65 bits per heavy atom. The Morgan fingerprint density at radius 1 is 0.957 bits per heavy atom. The summed E-state index contributed by atoms with van der Waals surface area (Å²) in [5, 5.41) is 3.50. The van der Waals surface area contributed by atoms with Crippen molar-refractivity contribution < 1.29 is 4.74 Å². The van der Waals surface area contributed by atoms with Gasteiger partial charge in [-0.05, 0) is 56.6 Å². The Morgan fingerprint density at radius 3 is 2.30 bits per heavy atom. The van der Waals surface area contributed by atoms with Crippen molar-refractivity contribution in [3.63, 3.8) is 0 Å². The third kappa shape index (κ3) is 5.42. The van der Waals surface area contributed by atoms with Gasteiger partial charge in [0.05, 0.1) is 7.11 Å². The maximum Gasteiger partial charge on any atom is 0.119 e. The van der Waals surface area contributed by atoms with Gasteiger partial charge in [-0.2, -0.15) is 0 Å². The highest BCUT2D eigenvalue weighted by molar-refractivity contribution is 5.85. The Hall–Kier alpha value is -0.680. The maximum absolute atomic E-state index is 5.23. The summed E-state index contributed by atoms with van der Waals surface area (Å²) < 4.78 is 5.23. The van der Waals surface area contributed by atoms with Crippen LogP contribution in [0.25, 0.3) is 0 Å². The van der Waals surface area contributed by atoms with Gasteiger partial charge in [0.25, 0.3) is 0 Å². The van der Waals surface area contributed by atoms with E-state index in [1.165, 1.54) is 57.7 Å². The fraction of sp³-hybridized carbons (Fsp3) is 0.647. The zero-order valence-electron chi connectivity index (χ0n) is 13.9. The standard InChI is InChI=1S/C17H27N3O.2ClH/c1-21-17-5-3-15(4-6-17)20-12-7-16(8-13-20)19-11-2-9-18-10-14-19;;/h3-6,16,18H,2,7-14H2,1H3;2*1H. The largest absolute Gasteiger partial charge is 0.497 e. The van der Waals surface area contributed by atoms with E-state index in [-0.39, 0.29) is 24.8 Å². The zero-order chi connectivity index (χ0) is 14.5.